The second kappa shape index (κ2) is 6.14. The molecule has 0 spiro atoms. The highest BCUT2D eigenvalue weighted by molar-refractivity contribution is 5.81. The third kappa shape index (κ3) is 4.20. The number of ketones is 1. The Balaban J connectivity index is 2.14. The predicted molar refractivity (Wildman–Crippen MR) is 56.2 cm³/mol. The van der Waals surface area contributed by atoms with Gasteiger partial charge in [0.1, 0.15) is 5.78 Å². The zero-order chi connectivity index (χ0) is 10.4. The zero-order valence-electron chi connectivity index (χ0n) is 9.04. The molecule has 3 heteroatoms. The summed E-state index contributed by atoms with van der Waals surface area (Å²) in [4.78, 5) is 13.2. The Morgan fingerprint density at radius 2 is 2.21 bits per heavy atom. The Morgan fingerprint density at radius 1 is 1.43 bits per heavy atom. The van der Waals surface area contributed by atoms with Crippen molar-refractivity contribution >= 4 is 5.78 Å². The van der Waals surface area contributed by atoms with E-state index in [0.717, 1.165) is 13.0 Å². The summed E-state index contributed by atoms with van der Waals surface area (Å²) in [5.41, 5.74) is 0. The fourth-order valence-corrected chi connectivity index (χ4v) is 1.94. The number of hydrogen-bond donors (Lipinski definition) is 1. The molecule has 82 valence electrons. The summed E-state index contributed by atoms with van der Waals surface area (Å²) in [6.45, 7) is 4.37. The van der Waals surface area contributed by atoms with Crippen LogP contribution in [0, 0.1) is 0 Å². The molecule has 0 radical (unpaired) electrons. The first-order valence-corrected chi connectivity index (χ1v) is 5.64. The van der Waals surface area contributed by atoms with E-state index in [1.165, 1.54) is 19.3 Å². The summed E-state index contributed by atoms with van der Waals surface area (Å²) in [7, 11) is 0. The maximum Gasteiger partial charge on any atom is 0.149 e. The van der Waals surface area contributed by atoms with Gasteiger partial charge in [-0.25, -0.2) is 0 Å². The molecule has 0 aromatic carbocycles. The molecular weight excluding hydrogens is 178 g/mol. The number of rotatable bonds is 5. The van der Waals surface area contributed by atoms with Crippen molar-refractivity contribution in [3.05, 3.63) is 0 Å². The van der Waals surface area contributed by atoms with E-state index in [1.807, 2.05) is 0 Å². The van der Waals surface area contributed by atoms with Crippen LogP contribution in [0.3, 0.4) is 0 Å². The van der Waals surface area contributed by atoms with Gasteiger partial charge in [-0.05, 0) is 13.0 Å². The molecule has 0 saturated carbocycles. The molecule has 14 heavy (non-hydrogen) atoms. The first kappa shape index (κ1) is 11.7. The van der Waals surface area contributed by atoms with Crippen LogP contribution in [0.5, 0.6) is 0 Å². The van der Waals surface area contributed by atoms with Gasteiger partial charge in [0.05, 0.1) is 12.6 Å². The fourth-order valence-electron chi connectivity index (χ4n) is 1.94. The zero-order valence-corrected chi connectivity index (χ0v) is 9.04. The summed E-state index contributed by atoms with van der Waals surface area (Å²) in [6.07, 6.45) is 4.81. The summed E-state index contributed by atoms with van der Waals surface area (Å²) in [5.74, 6) is 0.180. The molecule has 1 fully saturated rings. The number of likely N-dealkylation sites (tertiary alicyclic amines) is 1. The van der Waals surface area contributed by atoms with Crippen LogP contribution in [0.25, 0.3) is 0 Å². The molecule has 0 bridgehead atoms. The van der Waals surface area contributed by atoms with Crippen LogP contribution in [-0.2, 0) is 4.79 Å². The third-order valence-corrected chi connectivity index (χ3v) is 2.66. The van der Waals surface area contributed by atoms with Gasteiger partial charge in [0.25, 0.3) is 0 Å². The first-order valence-electron chi connectivity index (χ1n) is 5.64. The van der Waals surface area contributed by atoms with Crippen LogP contribution in [0.4, 0.5) is 0 Å². The van der Waals surface area contributed by atoms with Gasteiger partial charge in [-0.1, -0.05) is 26.2 Å². The SMILES string of the molecule is CCCCCCN1CC(=O)CC(O)C1. The molecule has 1 atom stereocenters. The van der Waals surface area contributed by atoms with Crippen LogP contribution in [0.1, 0.15) is 39.0 Å². The minimum Gasteiger partial charge on any atom is -0.391 e. The number of β-amino-alcohol motifs (C(OH)–C–C–N with tert-alkyl or cyclic N) is 1. The normalized spacial score (nSPS) is 24.1. The van der Waals surface area contributed by atoms with Crippen LogP contribution in [0.15, 0.2) is 0 Å². The highest BCUT2D eigenvalue weighted by Gasteiger charge is 2.22. The van der Waals surface area contributed by atoms with Gasteiger partial charge in [0.15, 0.2) is 0 Å². The molecule has 1 heterocycles. The van der Waals surface area contributed by atoms with Crippen molar-refractivity contribution < 1.29 is 9.90 Å². The van der Waals surface area contributed by atoms with E-state index in [2.05, 4.69) is 11.8 Å². The van der Waals surface area contributed by atoms with Crippen LogP contribution in [-0.4, -0.2) is 41.5 Å². The molecule has 0 amide bonds. The van der Waals surface area contributed by atoms with Crippen LogP contribution in [0.2, 0.25) is 0 Å². The van der Waals surface area contributed by atoms with Crippen molar-refractivity contribution in [2.45, 2.75) is 45.1 Å². The molecular formula is C11H21NO2. The number of Topliss-reactive ketones (excluding diaryl/α,β-unsaturated/α-hetero) is 1. The number of aliphatic hydroxyl groups excluding tert-OH is 1. The number of hydrogen-bond acceptors (Lipinski definition) is 3. The average molecular weight is 199 g/mol. The van der Waals surface area contributed by atoms with E-state index in [-0.39, 0.29) is 5.78 Å². The van der Waals surface area contributed by atoms with Gasteiger partial charge in [-0.15, -0.1) is 0 Å². The van der Waals surface area contributed by atoms with E-state index < -0.39 is 6.10 Å². The lowest BCUT2D eigenvalue weighted by Gasteiger charge is -2.28. The van der Waals surface area contributed by atoms with Crippen molar-refractivity contribution in [1.82, 2.24) is 4.90 Å². The van der Waals surface area contributed by atoms with Gasteiger partial charge >= 0.3 is 0 Å². The van der Waals surface area contributed by atoms with Crippen molar-refractivity contribution in [1.29, 1.82) is 0 Å². The molecule has 1 unspecified atom stereocenters. The third-order valence-electron chi connectivity index (χ3n) is 2.66. The fraction of sp³-hybridized carbons (Fsp3) is 0.909. The lowest BCUT2D eigenvalue weighted by atomic mass is 10.1. The van der Waals surface area contributed by atoms with E-state index >= 15 is 0 Å². The van der Waals surface area contributed by atoms with Crippen LogP contribution >= 0.6 is 0 Å². The number of carbonyl (C=O) groups excluding carboxylic acids is 1. The Labute approximate surface area is 86.1 Å². The molecule has 0 aromatic rings. The summed E-state index contributed by atoms with van der Waals surface area (Å²) >= 11 is 0. The molecule has 1 rings (SSSR count). The maximum absolute atomic E-state index is 11.2. The first-order chi connectivity index (χ1) is 6.72. The Hall–Kier alpha value is -0.410. The number of piperidine rings is 1. The predicted octanol–water partition coefficient (Wildman–Crippen LogP) is 1.20. The number of nitrogens with zero attached hydrogens (tertiary/aromatic N) is 1. The van der Waals surface area contributed by atoms with E-state index in [4.69, 9.17) is 0 Å². The molecule has 1 saturated heterocycles. The minimum atomic E-state index is -0.428. The van der Waals surface area contributed by atoms with Crippen molar-refractivity contribution in [2.24, 2.45) is 0 Å². The standard InChI is InChI=1S/C11H21NO2/c1-2-3-4-5-6-12-8-10(13)7-11(14)9-12/h10,13H,2-9H2,1H3. The lowest BCUT2D eigenvalue weighted by Crippen LogP contribution is -2.43. The smallest absolute Gasteiger partial charge is 0.149 e. The van der Waals surface area contributed by atoms with E-state index in [0.29, 0.717) is 19.5 Å². The molecule has 1 aliphatic heterocycles. The topological polar surface area (TPSA) is 40.5 Å². The van der Waals surface area contributed by atoms with Crippen molar-refractivity contribution in [3.63, 3.8) is 0 Å². The molecule has 0 aliphatic carbocycles. The van der Waals surface area contributed by atoms with Crippen molar-refractivity contribution in [3.8, 4) is 0 Å². The molecule has 0 aromatic heterocycles. The Kier molecular flexibility index (Phi) is 5.12. The number of carbonyl (C=O) groups is 1. The van der Waals surface area contributed by atoms with Gasteiger partial charge < -0.3 is 5.11 Å². The highest BCUT2D eigenvalue weighted by atomic mass is 16.3. The summed E-state index contributed by atoms with van der Waals surface area (Å²) in [6, 6.07) is 0. The van der Waals surface area contributed by atoms with E-state index in [9.17, 15) is 9.90 Å². The molecule has 1 N–H and O–H groups in total. The second-order valence-electron chi connectivity index (χ2n) is 4.19. The van der Waals surface area contributed by atoms with Gasteiger partial charge in [-0.2, -0.15) is 0 Å². The molecule has 3 nitrogen and oxygen atoms in total. The number of unbranched alkanes of at least 4 members (excludes halogenated alkanes) is 3. The monoisotopic (exact) mass is 199 g/mol. The second-order valence-corrected chi connectivity index (χ2v) is 4.19. The number of aliphatic hydroxyl groups is 1. The van der Waals surface area contributed by atoms with Crippen LogP contribution < -0.4 is 0 Å². The van der Waals surface area contributed by atoms with Crippen molar-refractivity contribution in [2.75, 3.05) is 19.6 Å². The average Bonchev–Trinajstić information content (AvgIpc) is 2.11. The maximum atomic E-state index is 11.2. The van der Waals surface area contributed by atoms with Gasteiger partial charge in [-0.3, -0.25) is 9.69 Å². The quantitative estimate of drug-likeness (QED) is 0.676. The van der Waals surface area contributed by atoms with Gasteiger partial charge in [0, 0.05) is 13.0 Å². The summed E-state index contributed by atoms with van der Waals surface area (Å²) in [5, 5.41) is 9.39. The summed E-state index contributed by atoms with van der Waals surface area (Å²) < 4.78 is 0. The van der Waals surface area contributed by atoms with Gasteiger partial charge in [0.2, 0.25) is 0 Å². The lowest BCUT2D eigenvalue weighted by molar-refractivity contribution is -0.125. The van der Waals surface area contributed by atoms with E-state index in [1.54, 1.807) is 0 Å². The molecule has 1 aliphatic rings. The Bertz CT molecular complexity index is 182. The highest BCUT2D eigenvalue weighted by Crippen LogP contribution is 2.09. The minimum absolute atomic E-state index is 0.180. The Morgan fingerprint density at radius 3 is 2.86 bits per heavy atom. The largest absolute Gasteiger partial charge is 0.391 e.